The Hall–Kier alpha value is -2.94. The van der Waals surface area contributed by atoms with E-state index in [1.807, 2.05) is 18.2 Å². The second-order valence-corrected chi connectivity index (χ2v) is 6.83. The molecule has 0 saturated heterocycles. The summed E-state index contributed by atoms with van der Waals surface area (Å²) in [7, 11) is 0. The van der Waals surface area contributed by atoms with E-state index in [-0.39, 0.29) is 0 Å². The van der Waals surface area contributed by atoms with E-state index in [0.717, 1.165) is 0 Å². The van der Waals surface area contributed by atoms with E-state index in [9.17, 15) is 0 Å². The van der Waals surface area contributed by atoms with Gasteiger partial charge in [-0.2, -0.15) is 0 Å². The molecule has 0 spiro atoms. The SMILES string of the molecule is NC1(N)C=CC(c2ccc(-c3ccc(-c4ccccc4)cc3)cc2)=CC1. The Bertz CT molecular complexity index is 947. The van der Waals surface area contributed by atoms with Gasteiger partial charge in [0, 0.05) is 6.42 Å². The van der Waals surface area contributed by atoms with Gasteiger partial charge in [-0.1, -0.05) is 91.0 Å². The van der Waals surface area contributed by atoms with E-state index in [2.05, 4.69) is 78.9 Å². The molecule has 0 radical (unpaired) electrons. The predicted octanol–water partition coefficient (Wildman–Crippen LogP) is 4.98. The van der Waals surface area contributed by atoms with Crippen molar-refractivity contribution >= 4 is 5.57 Å². The first-order valence-electron chi connectivity index (χ1n) is 8.84. The summed E-state index contributed by atoms with van der Waals surface area (Å²) in [6, 6.07) is 27.8. The molecule has 128 valence electrons. The molecule has 1 aliphatic rings. The van der Waals surface area contributed by atoms with Crippen LogP contribution in [-0.4, -0.2) is 5.66 Å². The van der Waals surface area contributed by atoms with E-state index >= 15 is 0 Å². The third-order valence-electron chi connectivity index (χ3n) is 4.79. The molecule has 1 aliphatic carbocycles. The van der Waals surface area contributed by atoms with Gasteiger partial charge in [0.25, 0.3) is 0 Å². The average molecular weight is 338 g/mol. The summed E-state index contributed by atoms with van der Waals surface area (Å²) in [5.74, 6) is 0. The van der Waals surface area contributed by atoms with Crippen LogP contribution in [0.4, 0.5) is 0 Å². The van der Waals surface area contributed by atoms with E-state index in [4.69, 9.17) is 11.5 Å². The van der Waals surface area contributed by atoms with Gasteiger partial charge in [0.1, 0.15) is 0 Å². The maximum Gasteiger partial charge on any atom is 0.0867 e. The minimum Gasteiger partial charge on any atom is -0.310 e. The van der Waals surface area contributed by atoms with Crippen LogP contribution in [-0.2, 0) is 0 Å². The number of hydrogen-bond acceptors (Lipinski definition) is 2. The lowest BCUT2D eigenvalue weighted by atomic mass is 9.93. The van der Waals surface area contributed by atoms with E-state index in [1.54, 1.807) is 0 Å². The first kappa shape index (κ1) is 16.5. The lowest BCUT2D eigenvalue weighted by Crippen LogP contribution is -2.47. The van der Waals surface area contributed by atoms with Gasteiger partial charge in [-0.15, -0.1) is 0 Å². The van der Waals surface area contributed by atoms with E-state index < -0.39 is 5.66 Å². The Labute approximate surface area is 154 Å². The molecular formula is C24H22N2. The third-order valence-corrected chi connectivity index (χ3v) is 4.79. The van der Waals surface area contributed by atoms with Gasteiger partial charge >= 0.3 is 0 Å². The first-order chi connectivity index (χ1) is 12.6. The van der Waals surface area contributed by atoms with Crippen molar-refractivity contribution in [2.75, 3.05) is 0 Å². The maximum absolute atomic E-state index is 5.92. The zero-order valence-corrected chi connectivity index (χ0v) is 14.6. The molecule has 0 atom stereocenters. The Morgan fingerprint density at radius 3 is 1.50 bits per heavy atom. The maximum atomic E-state index is 5.92. The number of benzene rings is 3. The lowest BCUT2D eigenvalue weighted by Gasteiger charge is -2.22. The van der Waals surface area contributed by atoms with Crippen molar-refractivity contribution in [3.05, 3.63) is 103 Å². The van der Waals surface area contributed by atoms with Crippen LogP contribution in [0.25, 0.3) is 27.8 Å². The first-order valence-corrected chi connectivity index (χ1v) is 8.84. The van der Waals surface area contributed by atoms with Gasteiger partial charge < -0.3 is 11.5 Å². The van der Waals surface area contributed by atoms with Crippen LogP contribution in [0.1, 0.15) is 12.0 Å². The highest BCUT2D eigenvalue weighted by atomic mass is 14.9. The minimum atomic E-state index is -0.718. The molecule has 26 heavy (non-hydrogen) atoms. The lowest BCUT2D eigenvalue weighted by molar-refractivity contribution is 0.559. The standard InChI is InChI=1S/C24H22N2/c25-24(26)16-14-23(15-17-24)22-12-10-21(11-13-22)20-8-6-19(7-9-20)18-4-2-1-3-5-18/h1-16H,17,25-26H2. The normalized spacial score (nSPS) is 15.5. The van der Waals surface area contributed by atoms with E-state index in [1.165, 1.54) is 33.4 Å². The molecule has 0 amide bonds. The summed E-state index contributed by atoms with van der Waals surface area (Å²) in [5, 5.41) is 0. The van der Waals surface area contributed by atoms with Gasteiger partial charge in [0.15, 0.2) is 0 Å². The number of allylic oxidation sites excluding steroid dienone is 2. The van der Waals surface area contributed by atoms with Gasteiger partial charge in [0.2, 0.25) is 0 Å². The summed E-state index contributed by atoms with van der Waals surface area (Å²) >= 11 is 0. The fourth-order valence-corrected chi connectivity index (χ4v) is 3.22. The smallest absolute Gasteiger partial charge is 0.0867 e. The zero-order chi connectivity index (χ0) is 18.0. The topological polar surface area (TPSA) is 52.0 Å². The molecule has 2 heteroatoms. The molecule has 0 aromatic heterocycles. The van der Waals surface area contributed by atoms with Crippen molar-refractivity contribution in [2.45, 2.75) is 12.1 Å². The largest absolute Gasteiger partial charge is 0.310 e. The van der Waals surface area contributed by atoms with Gasteiger partial charge in [0.05, 0.1) is 5.66 Å². The summed E-state index contributed by atoms with van der Waals surface area (Å²) in [6.45, 7) is 0. The molecule has 0 aliphatic heterocycles. The zero-order valence-electron chi connectivity index (χ0n) is 14.6. The number of hydrogen-bond donors (Lipinski definition) is 2. The van der Waals surface area contributed by atoms with Crippen molar-refractivity contribution in [3.63, 3.8) is 0 Å². The van der Waals surface area contributed by atoms with Crippen molar-refractivity contribution in [2.24, 2.45) is 11.5 Å². The number of nitrogens with two attached hydrogens (primary N) is 2. The van der Waals surface area contributed by atoms with Crippen molar-refractivity contribution in [1.82, 2.24) is 0 Å². The molecular weight excluding hydrogens is 316 g/mol. The highest BCUT2D eigenvalue weighted by Crippen LogP contribution is 2.28. The van der Waals surface area contributed by atoms with Crippen LogP contribution in [0.2, 0.25) is 0 Å². The quantitative estimate of drug-likeness (QED) is 0.662. The van der Waals surface area contributed by atoms with Crippen molar-refractivity contribution < 1.29 is 0 Å². The highest BCUT2D eigenvalue weighted by molar-refractivity contribution is 5.78. The summed E-state index contributed by atoms with van der Waals surface area (Å²) < 4.78 is 0. The summed E-state index contributed by atoms with van der Waals surface area (Å²) in [4.78, 5) is 0. The Kier molecular flexibility index (Phi) is 4.29. The molecule has 3 aromatic carbocycles. The van der Waals surface area contributed by atoms with Crippen LogP contribution in [0, 0.1) is 0 Å². The fourth-order valence-electron chi connectivity index (χ4n) is 3.22. The molecule has 0 saturated carbocycles. The van der Waals surface area contributed by atoms with Crippen LogP contribution < -0.4 is 11.5 Å². The molecule has 2 nitrogen and oxygen atoms in total. The van der Waals surface area contributed by atoms with Gasteiger partial charge in [-0.05, 0) is 39.5 Å². The van der Waals surface area contributed by atoms with Crippen LogP contribution in [0.3, 0.4) is 0 Å². The fraction of sp³-hybridized carbons (Fsp3) is 0.0833. The van der Waals surface area contributed by atoms with Crippen molar-refractivity contribution in [1.29, 1.82) is 0 Å². The summed E-state index contributed by atoms with van der Waals surface area (Å²) in [5.41, 5.74) is 18.4. The minimum absolute atomic E-state index is 0.654. The third kappa shape index (κ3) is 3.52. The molecule has 0 unspecified atom stereocenters. The Morgan fingerprint density at radius 1 is 0.577 bits per heavy atom. The summed E-state index contributed by atoms with van der Waals surface area (Å²) in [6.07, 6.45) is 6.64. The number of rotatable bonds is 3. The van der Waals surface area contributed by atoms with Crippen LogP contribution in [0.5, 0.6) is 0 Å². The van der Waals surface area contributed by atoms with Crippen LogP contribution >= 0.6 is 0 Å². The second-order valence-electron chi connectivity index (χ2n) is 6.83. The molecule has 4 N–H and O–H groups in total. The predicted molar refractivity (Wildman–Crippen MR) is 110 cm³/mol. The second kappa shape index (κ2) is 6.75. The Morgan fingerprint density at radius 2 is 1.04 bits per heavy atom. The van der Waals surface area contributed by atoms with E-state index in [0.29, 0.717) is 6.42 Å². The molecule has 0 heterocycles. The van der Waals surface area contributed by atoms with Gasteiger partial charge in [-0.3, -0.25) is 0 Å². The van der Waals surface area contributed by atoms with Gasteiger partial charge in [-0.25, -0.2) is 0 Å². The van der Waals surface area contributed by atoms with Crippen molar-refractivity contribution in [3.8, 4) is 22.3 Å². The Balaban J connectivity index is 1.54. The molecule has 4 rings (SSSR count). The molecule has 3 aromatic rings. The monoisotopic (exact) mass is 338 g/mol. The van der Waals surface area contributed by atoms with Crippen LogP contribution in [0.15, 0.2) is 97.1 Å². The highest BCUT2D eigenvalue weighted by Gasteiger charge is 2.17. The average Bonchev–Trinajstić information content (AvgIpc) is 2.69. The molecule has 0 fully saturated rings. The molecule has 0 bridgehead atoms.